The molecule has 0 bridgehead atoms. The third kappa shape index (κ3) is 3.97. The molecular formula is C24H31N3O3. The molecule has 2 heterocycles. The zero-order valence-electron chi connectivity index (χ0n) is 18.1. The summed E-state index contributed by atoms with van der Waals surface area (Å²) in [5, 5.41) is 3.42. The van der Waals surface area contributed by atoms with Gasteiger partial charge in [-0.05, 0) is 36.8 Å². The molecule has 1 N–H and O–H groups in total. The van der Waals surface area contributed by atoms with Crippen molar-refractivity contribution in [3.8, 4) is 11.5 Å². The maximum atomic E-state index is 13.4. The van der Waals surface area contributed by atoms with E-state index in [4.69, 9.17) is 9.47 Å². The van der Waals surface area contributed by atoms with Gasteiger partial charge >= 0.3 is 0 Å². The van der Waals surface area contributed by atoms with E-state index in [1.165, 1.54) is 11.3 Å². The van der Waals surface area contributed by atoms with Gasteiger partial charge in [-0.3, -0.25) is 4.79 Å². The van der Waals surface area contributed by atoms with E-state index in [1.54, 1.807) is 14.2 Å². The van der Waals surface area contributed by atoms with E-state index < -0.39 is 0 Å². The van der Waals surface area contributed by atoms with E-state index >= 15 is 0 Å². The Labute approximate surface area is 178 Å². The van der Waals surface area contributed by atoms with Gasteiger partial charge < -0.3 is 24.6 Å². The minimum Gasteiger partial charge on any atom is -0.497 e. The average molecular weight is 410 g/mol. The standard InChI is InChI=1S/C24H31N3O3/c1-17-6-4-5-7-22(17)26-10-12-27(13-11-26)24(28)21-16-25-15-20(21)19-14-18(29-2)8-9-23(19)30-3/h4-9,14,20-21,25H,10-13,15-16H2,1-3H3. The van der Waals surface area contributed by atoms with Crippen LogP contribution in [0.3, 0.4) is 0 Å². The maximum Gasteiger partial charge on any atom is 0.227 e. The van der Waals surface area contributed by atoms with Gasteiger partial charge in [-0.15, -0.1) is 0 Å². The fourth-order valence-electron chi connectivity index (χ4n) is 4.71. The zero-order valence-corrected chi connectivity index (χ0v) is 18.1. The van der Waals surface area contributed by atoms with E-state index in [2.05, 4.69) is 41.4 Å². The zero-order chi connectivity index (χ0) is 21.1. The molecule has 0 aliphatic carbocycles. The van der Waals surface area contributed by atoms with Crippen LogP contribution < -0.4 is 19.7 Å². The second-order valence-electron chi connectivity index (χ2n) is 8.08. The number of para-hydroxylation sites is 1. The van der Waals surface area contributed by atoms with Crippen LogP contribution in [0.5, 0.6) is 11.5 Å². The van der Waals surface area contributed by atoms with Gasteiger partial charge in [0.05, 0.1) is 20.1 Å². The Kier molecular flexibility index (Phi) is 6.13. The molecule has 2 aliphatic heterocycles. The van der Waals surface area contributed by atoms with Crippen LogP contribution in [0.25, 0.3) is 0 Å². The fourth-order valence-corrected chi connectivity index (χ4v) is 4.71. The van der Waals surface area contributed by atoms with Crippen LogP contribution >= 0.6 is 0 Å². The van der Waals surface area contributed by atoms with E-state index in [0.29, 0.717) is 6.54 Å². The highest BCUT2D eigenvalue weighted by Crippen LogP contribution is 2.37. The number of hydrogen-bond donors (Lipinski definition) is 1. The molecule has 160 valence electrons. The Morgan fingerprint density at radius 3 is 2.47 bits per heavy atom. The summed E-state index contributed by atoms with van der Waals surface area (Å²) in [4.78, 5) is 17.9. The molecule has 30 heavy (non-hydrogen) atoms. The topological polar surface area (TPSA) is 54.0 Å². The van der Waals surface area contributed by atoms with Crippen LogP contribution in [0.1, 0.15) is 17.0 Å². The molecule has 0 saturated carbocycles. The van der Waals surface area contributed by atoms with Gasteiger partial charge in [0.15, 0.2) is 0 Å². The SMILES string of the molecule is COc1ccc(OC)c(C2CNCC2C(=O)N2CCN(c3ccccc3C)CC2)c1. The van der Waals surface area contributed by atoms with Gasteiger partial charge in [-0.1, -0.05) is 18.2 Å². The molecule has 2 saturated heterocycles. The molecule has 6 heteroatoms. The quantitative estimate of drug-likeness (QED) is 0.823. The summed E-state index contributed by atoms with van der Waals surface area (Å²) in [5.74, 6) is 1.83. The average Bonchev–Trinajstić information content (AvgIpc) is 3.28. The van der Waals surface area contributed by atoms with E-state index in [1.807, 2.05) is 23.1 Å². The minimum absolute atomic E-state index is 0.0805. The molecule has 4 rings (SSSR count). The first kappa shape index (κ1) is 20.5. The second kappa shape index (κ2) is 8.96. The largest absolute Gasteiger partial charge is 0.497 e. The van der Waals surface area contributed by atoms with Crippen molar-refractivity contribution in [2.45, 2.75) is 12.8 Å². The number of rotatable bonds is 5. The van der Waals surface area contributed by atoms with Crippen molar-refractivity contribution < 1.29 is 14.3 Å². The number of nitrogens with zero attached hydrogens (tertiary/aromatic N) is 2. The Morgan fingerprint density at radius 2 is 1.77 bits per heavy atom. The first-order valence-electron chi connectivity index (χ1n) is 10.6. The van der Waals surface area contributed by atoms with Crippen LogP contribution in [0, 0.1) is 12.8 Å². The van der Waals surface area contributed by atoms with E-state index in [0.717, 1.165) is 49.8 Å². The number of carbonyl (C=O) groups excluding carboxylic acids is 1. The number of benzene rings is 2. The Hall–Kier alpha value is -2.73. The number of anilines is 1. The lowest BCUT2D eigenvalue weighted by atomic mass is 9.87. The number of nitrogens with one attached hydrogen (secondary N) is 1. The van der Waals surface area contributed by atoms with Gasteiger partial charge in [0.1, 0.15) is 11.5 Å². The Bertz CT molecular complexity index is 893. The normalized spacial score (nSPS) is 21.6. The maximum absolute atomic E-state index is 13.4. The van der Waals surface area contributed by atoms with Crippen molar-refractivity contribution in [3.63, 3.8) is 0 Å². The monoisotopic (exact) mass is 409 g/mol. The van der Waals surface area contributed by atoms with Crippen LogP contribution in [0.4, 0.5) is 5.69 Å². The number of ether oxygens (including phenoxy) is 2. The van der Waals surface area contributed by atoms with Crippen molar-refractivity contribution in [2.24, 2.45) is 5.92 Å². The summed E-state index contributed by atoms with van der Waals surface area (Å²) >= 11 is 0. The number of piperazine rings is 1. The Balaban J connectivity index is 1.47. The molecule has 2 unspecified atom stereocenters. The predicted octanol–water partition coefficient (Wildman–Crippen LogP) is 2.66. The number of hydrogen-bond acceptors (Lipinski definition) is 5. The molecule has 2 aromatic rings. The van der Waals surface area contributed by atoms with Gasteiger partial charge in [-0.2, -0.15) is 0 Å². The summed E-state index contributed by atoms with van der Waals surface area (Å²) in [5.41, 5.74) is 3.59. The minimum atomic E-state index is -0.0870. The predicted molar refractivity (Wildman–Crippen MR) is 119 cm³/mol. The van der Waals surface area contributed by atoms with Crippen LogP contribution in [0.2, 0.25) is 0 Å². The van der Waals surface area contributed by atoms with Gasteiger partial charge in [0, 0.05) is 56.4 Å². The lowest BCUT2D eigenvalue weighted by Gasteiger charge is -2.38. The molecule has 6 nitrogen and oxygen atoms in total. The third-order valence-electron chi connectivity index (χ3n) is 6.42. The summed E-state index contributed by atoms with van der Waals surface area (Å²) in [7, 11) is 3.34. The van der Waals surface area contributed by atoms with Crippen molar-refractivity contribution in [1.82, 2.24) is 10.2 Å². The van der Waals surface area contributed by atoms with E-state index in [-0.39, 0.29) is 17.7 Å². The first-order valence-corrected chi connectivity index (χ1v) is 10.6. The van der Waals surface area contributed by atoms with Crippen molar-refractivity contribution >= 4 is 11.6 Å². The number of carbonyl (C=O) groups is 1. The Morgan fingerprint density at radius 1 is 1.00 bits per heavy atom. The number of methoxy groups -OCH3 is 2. The van der Waals surface area contributed by atoms with Crippen molar-refractivity contribution in [2.75, 3.05) is 58.4 Å². The van der Waals surface area contributed by atoms with Crippen molar-refractivity contribution in [1.29, 1.82) is 0 Å². The molecule has 1 amide bonds. The van der Waals surface area contributed by atoms with Gasteiger partial charge in [0.25, 0.3) is 0 Å². The fraction of sp³-hybridized carbons (Fsp3) is 0.458. The van der Waals surface area contributed by atoms with Gasteiger partial charge in [0.2, 0.25) is 5.91 Å². The van der Waals surface area contributed by atoms with Gasteiger partial charge in [-0.25, -0.2) is 0 Å². The van der Waals surface area contributed by atoms with Crippen LogP contribution in [0.15, 0.2) is 42.5 Å². The summed E-state index contributed by atoms with van der Waals surface area (Å²) in [6, 6.07) is 14.3. The molecule has 0 spiro atoms. The highest BCUT2D eigenvalue weighted by atomic mass is 16.5. The van der Waals surface area contributed by atoms with Crippen LogP contribution in [-0.4, -0.2) is 64.3 Å². The molecule has 2 atom stereocenters. The third-order valence-corrected chi connectivity index (χ3v) is 6.42. The van der Waals surface area contributed by atoms with Crippen molar-refractivity contribution in [3.05, 3.63) is 53.6 Å². The van der Waals surface area contributed by atoms with E-state index in [9.17, 15) is 4.79 Å². The number of aryl methyl sites for hydroxylation is 1. The summed E-state index contributed by atoms with van der Waals surface area (Å²) in [6.45, 7) is 6.85. The highest BCUT2D eigenvalue weighted by molar-refractivity contribution is 5.81. The second-order valence-corrected chi connectivity index (χ2v) is 8.08. The lowest BCUT2D eigenvalue weighted by molar-refractivity contribution is -0.135. The summed E-state index contributed by atoms with van der Waals surface area (Å²) < 4.78 is 11.0. The molecule has 2 fully saturated rings. The highest BCUT2D eigenvalue weighted by Gasteiger charge is 2.38. The molecule has 2 aromatic carbocycles. The number of amides is 1. The lowest BCUT2D eigenvalue weighted by Crippen LogP contribution is -2.51. The molecule has 0 aromatic heterocycles. The first-order chi connectivity index (χ1) is 14.6. The molecular weight excluding hydrogens is 378 g/mol. The molecule has 0 radical (unpaired) electrons. The summed E-state index contributed by atoms with van der Waals surface area (Å²) in [6.07, 6.45) is 0. The van der Waals surface area contributed by atoms with Crippen LogP contribution in [-0.2, 0) is 4.79 Å². The smallest absolute Gasteiger partial charge is 0.227 e. The molecule has 2 aliphatic rings.